The largest absolute Gasteiger partial charge is 0.375 e. The Balaban J connectivity index is 1.94. The summed E-state index contributed by atoms with van der Waals surface area (Å²) in [5.74, 6) is 0.736. The molecule has 2 N–H and O–H groups in total. The average molecular weight is 268 g/mol. The molecule has 3 nitrogen and oxygen atoms in total. The van der Waals surface area contributed by atoms with Gasteiger partial charge < -0.3 is 10.5 Å². The Morgan fingerprint density at radius 2 is 2.05 bits per heavy atom. The predicted molar refractivity (Wildman–Crippen MR) is 80.3 cm³/mol. The fourth-order valence-corrected chi connectivity index (χ4v) is 3.87. The first-order valence-corrected chi connectivity index (χ1v) is 8.23. The number of hydrogen-bond donors (Lipinski definition) is 1. The van der Waals surface area contributed by atoms with Crippen molar-refractivity contribution < 1.29 is 4.74 Å². The van der Waals surface area contributed by atoms with Gasteiger partial charge in [-0.2, -0.15) is 0 Å². The minimum atomic E-state index is 0.237. The van der Waals surface area contributed by atoms with Gasteiger partial charge in [0.05, 0.1) is 5.60 Å². The lowest BCUT2D eigenvalue weighted by atomic mass is 9.87. The Kier molecular flexibility index (Phi) is 5.67. The fraction of sp³-hybridized carbons (Fsp3) is 1.00. The third kappa shape index (κ3) is 4.17. The minimum Gasteiger partial charge on any atom is -0.375 e. The van der Waals surface area contributed by atoms with Crippen molar-refractivity contribution in [2.45, 2.75) is 70.4 Å². The summed E-state index contributed by atoms with van der Waals surface area (Å²) >= 11 is 0. The number of nitrogens with two attached hydrogens (primary N) is 1. The molecule has 0 aromatic carbocycles. The second-order valence-corrected chi connectivity index (χ2v) is 6.92. The highest BCUT2D eigenvalue weighted by Crippen LogP contribution is 2.41. The minimum absolute atomic E-state index is 0.237. The molecule has 112 valence electrons. The molecule has 1 saturated carbocycles. The Labute approximate surface area is 118 Å². The monoisotopic (exact) mass is 268 g/mol. The van der Waals surface area contributed by atoms with Gasteiger partial charge in [0.15, 0.2) is 0 Å². The van der Waals surface area contributed by atoms with Gasteiger partial charge in [0, 0.05) is 19.2 Å². The second-order valence-electron chi connectivity index (χ2n) is 6.92. The third-order valence-electron chi connectivity index (χ3n) is 4.75. The lowest BCUT2D eigenvalue weighted by Gasteiger charge is -2.43. The number of rotatable bonds is 6. The van der Waals surface area contributed by atoms with Crippen LogP contribution in [0.5, 0.6) is 0 Å². The molecule has 1 atom stereocenters. The molecule has 19 heavy (non-hydrogen) atoms. The fourth-order valence-electron chi connectivity index (χ4n) is 3.87. The Hall–Kier alpha value is -0.120. The number of hydrogen-bond acceptors (Lipinski definition) is 3. The van der Waals surface area contributed by atoms with Crippen molar-refractivity contribution in [2.24, 2.45) is 11.7 Å². The molecule has 2 aliphatic rings. The zero-order valence-electron chi connectivity index (χ0n) is 12.9. The molecule has 1 aliphatic heterocycles. The standard InChI is InChI=1S/C16H32N2O/c1-14(2)13-18(10-5-9-17)15-6-11-19-16(12-15)7-3-4-8-16/h14-15H,3-13,17H2,1-2H3. The molecule has 2 fully saturated rings. The zero-order chi connectivity index (χ0) is 13.7. The van der Waals surface area contributed by atoms with Gasteiger partial charge in [-0.05, 0) is 51.1 Å². The summed E-state index contributed by atoms with van der Waals surface area (Å²) in [6, 6.07) is 0.723. The van der Waals surface area contributed by atoms with Gasteiger partial charge in [-0.1, -0.05) is 26.7 Å². The molecule has 0 aromatic heterocycles. The highest BCUT2D eigenvalue weighted by Gasteiger charge is 2.41. The summed E-state index contributed by atoms with van der Waals surface area (Å²) in [6.07, 6.45) is 8.88. The van der Waals surface area contributed by atoms with E-state index in [1.165, 1.54) is 45.1 Å². The SMILES string of the molecule is CC(C)CN(CCCN)C1CCOC2(CCCC2)C1. The van der Waals surface area contributed by atoms with Crippen LogP contribution in [0.3, 0.4) is 0 Å². The van der Waals surface area contributed by atoms with E-state index in [2.05, 4.69) is 18.7 Å². The van der Waals surface area contributed by atoms with Crippen molar-refractivity contribution in [1.29, 1.82) is 0 Å². The van der Waals surface area contributed by atoms with Gasteiger partial charge in [-0.15, -0.1) is 0 Å². The molecular formula is C16H32N2O. The maximum absolute atomic E-state index is 6.16. The van der Waals surface area contributed by atoms with Crippen LogP contribution in [0.4, 0.5) is 0 Å². The average Bonchev–Trinajstić information content (AvgIpc) is 2.82. The van der Waals surface area contributed by atoms with Crippen LogP contribution in [-0.2, 0) is 4.74 Å². The summed E-state index contributed by atoms with van der Waals surface area (Å²) in [4.78, 5) is 2.69. The maximum atomic E-state index is 6.16. The van der Waals surface area contributed by atoms with Crippen LogP contribution in [0.2, 0.25) is 0 Å². The maximum Gasteiger partial charge on any atom is 0.0697 e. The van der Waals surface area contributed by atoms with Crippen molar-refractivity contribution in [2.75, 3.05) is 26.2 Å². The normalized spacial score (nSPS) is 26.7. The van der Waals surface area contributed by atoms with E-state index >= 15 is 0 Å². The van der Waals surface area contributed by atoms with E-state index in [0.717, 1.165) is 38.1 Å². The first kappa shape index (κ1) is 15.3. The predicted octanol–water partition coefficient (Wildman–Crippen LogP) is 2.79. The molecule has 1 saturated heterocycles. The van der Waals surface area contributed by atoms with E-state index in [1.54, 1.807) is 0 Å². The van der Waals surface area contributed by atoms with Gasteiger partial charge in [0.2, 0.25) is 0 Å². The van der Waals surface area contributed by atoms with Crippen LogP contribution in [0.25, 0.3) is 0 Å². The summed E-state index contributed by atoms with van der Waals surface area (Å²) < 4.78 is 6.16. The molecule has 0 aromatic rings. The molecule has 3 heteroatoms. The number of nitrogens with zero attached hydrogens (tertiary/aromatic N) is 1. The Bertz CT molecular complexity index is 261. The van der Waals surface area contributed by atoms with E-state index in [0.29, 0.717) is 0 Å². The molecule has 0 radical (unpaired) electrons. The Morgan fingerprint density at radius 3 is 2.68 bits per heavy atom. The van der Waals surface area contributed by atoms with Crippen molar-refractivity contribution in [3.63, 3.8) is 0 Å². The van der Waals surface area contributed by atoms with Crippen LogP contribution >= 0.6 is 0 Å². The first-order valence-electron chi connectivity index (χ1n) is 8.23. The Morgan fingerprint density at radius 1 is 1.32 bits per heavy atom. The molecule has 0 amide bonds. The molecular weight excluding hydrogens is 236 g/mol. The van der Waals surface area contributed by atoms with Gasteiger partial charge >= 0.3 is 0 Å². The van der Waals surface area contributed by atoms with E-state index < -0.39 is 0 Å². The van der Waals surface area contributed by atoms with E-state index in [4.69, 9.17) is 10.5 Å². The smallest absolute Gasteiger partial charge is 0.0697 e. The van der Waals surface area contributed by atoms with Crippen LogP contribution in [0.15, 0.2) is 0 Å². The lowest BCUT2D eigenvalue weighted by Crippen LogP contribution is -2.49. The van der Waals surface area contributed by atoms with Gasteiger partial charge in [0.1, 0.15) is 0 Å². The molecule has 1 heterocycles. The number of ether oxygens (including phenoxy) is 1. The molecule has 2 rings (SSSR count). The summed E-state index contributed by atoms with van der Waals surface area (Å²) in [6.45, 7) is 8.78. The zero-order valence-corrected chi connectivity index (χ0v) is 12.9. The van der Waals surface area contributed by atoms with E-state index in [-0.39, 0.29) is 5.60 Å². The van der Waals surface area contributed by atoms with Crippen LogP contribution < -0.4 is 5.73 Å². The van der Waals surface area contributed by atoms with Crippen molar-refractivity contribution in [3.05, 3.63) is 0 Å². The van der Waals surface area contributed by atoms with Gasteiger partial charge in [0.25, 0.3) is 0 Å². The third-order valence-corrected chi connectivity index (χ3v) is 4.75. The topological polar surface area (TPSA) is 38.5 Å². The van der Waals surface area contributed by atoms with Gasteiger partial charge in [-0.25, -0.2) is 0 Å². The van der Waals surface area contributed by atoms with Crippen LogP contribution in [-0.4, -0.2) is 42.8 Å². The summed E-state index contributed by atoms with van der Waals surface area (Å²) in [5.41, 5.74) is 5.94. The molecule has 1 aliphatic carbocycles. The van der Waals surface area contributed by atoms with E-state index in [1.807, 2.05) is 0 Å². The quantitative estimate of drug-likeness (QED) is 0.805. The van der Waals surface area contributed by atoms with Crippen LogP contribution in [0, 0.1) is 5.92 Å². The highest BCUT2D eigenvalue weighted by atomic mass is 16.5. The first-order chi connectivity index (χ1) is 9.15. The molecule has 0 bridgehead atoms. The summed E-state index contributed by atoms with van der Waals surface area (Å²) in [5, 5.41) is 0. The molecule has 1 unspecified atom stereocenters. The lowest BCUT2D eigenvalue weighted by molar-refractivity contribution is -0.103. The van der Waals surface area contributed by atoms with Crippen LogP contribution in [0.1, 0.15) is 58.8 Å². The van der Waals surface area contributed by atoms with Gasteiger partial charge in [-0.3, -0.25) is 4.90 Å². The summed E-state index contributed by atoms with van der Waals surface area (Å²) in [7, 11) is 0. The van der Waals surface area contributed by atoms with Crippen molar-refractivity contribution in [3.8, 4) is 0 Å². The second kappa shape index (κ2) is 7.05. The van der Waals surface area contributed by atoms with Crippen molar-refractivity contribution in [1.82, 2.24) is 4.90 Å². The van der Waals surface area contributed by atoms with Crippen molar-refractivity contribution >= 4 is 0 Å². The molecule has 1 spiro atoms. The van der Waals surface area contributed by atoms with E-state index in [9.17, 15) is 0 Å². The highest BCUT2D eigenvalue weighted by molar-refractivity contribution is 4.94.